The zero-order chi connectivity index (χ0) is 13.9. The average Bonchev–Trinajstić information content (AvgIpc) is 2.73. The van der Waals surface area contributed by atoms with Crippen molar-refractivity contribution in [1.82, 2.24) is 10.6 Å². The van der Waals surface area contributed by atoms with Gasteiger partial charge in [0.05, 0.1) is 5.60 Å². The van der Waals surface area contributed by atoms with Gasteiger partial charge in [0, 0.05) is 18.8 Å². The predicted molar refractivity (Wildman–Crippen MR) is 75.4 cm³/mol. The van der Waals surface area contributed by atoms with E-state index < -0.39 is 5.60 Å². The summed E-state index contributed by atoms with van der Waals surface area (Å²) in [5.41, 5.74) is 2.16. The number of benzene rings is 1. The zero-order valence-corrected chi connectivity index (χ0v) is 11.4. The van der Waals surface area contributed by atoms with Crippen molar-refractivity contribution in [2.75, 3.05) is 25.0 Å². The molecule has 19 heavy (non-hydrogen) atoms. The Balaban J connectivity index is 1.87. The SMILES string of the molecule is Cc1cc(C)cc(NC(=O)NC[C@]2(O)CCNC2)c1. The minimum absolute atomic E-state index is 0.261. The van der Waals surface area contributed by atoms with Crippen molar-refractivity contribution >= 4 is 11.7 Å². The second kappa shape index (κ2) is 5.59. The molecule has 0 unspecified atom stereocenters. The van der Waals surface area contributed by atoms with E-state index in [1.165, 1.54) is 0 Å². The van der Waals surface area contributed by atoms with Crippen LogP contribution in [0.15, 0.2) is 18.2 Å². The summed E-state index contributed by atoms with van der Waals surface area (Å²) >= 11 is 0. The summed E-state index contributed by atoms with van der Waals surface area (Å²) in [7, 11) is 0. The van der Waals surface area contributed by atoms with Crippen LogP contribution in [0, 0.1) is 13.8 Å². The number of urea groups is 1. The molecule has 1 aliphatic heterocycles. The molecule has 0 aliphatic carbocycles. The van der Waals surface area contributed by atoms with Crippen LogP contribution in [0.4, 0.5) is 10.5 Å². The molecule has 0 spiro atoms. The van der Waals surface area contributed by atoms with Crippen molar-refractivity contribution in [3.63, 3.8) is 0 Å². The quantitative estimate of drug-likeness (QED) is 0.661. The molecule has 1 saturated heterocycles. The highest BCUT2D eigenvalue weighted by Gasteiger charge is 2.31. The van der Waals surface area contributed by atoms with Gasteiger partial charge in [-0.25, -0.2) is 4.79 Å². The van der Waals surface area contributed by atoms with Crippen molar-refractivity contribution < 1.29 is 9.90 Å². The predicted octanol–water partition coefficient (Wildman–Crippen LogP) is 1.15. The van der Waals surface area contributed by atoms with Crippen molar-refractivity contribution in [3.8, 4) is 0 Å². The van der Waals surface area contributed by atoms with E-state index in [9.17, 15) is 9.90 Å². The maximum atomic E-state index is 11.8. The highest BCUT2D eigenvalue weighted by molar-refractivity contribution is 5.89. The molecule has 104 valence electrons. The van der Waals surface area contributed by atoms with Gasteiger partial charge in [0.25, 0.3) is 0 Å². The van der Waals surface area contributed by atoms with Crippen LogP contribution >= 0.6 is 0 Å². The Morgan fingerprint density at radius 1 is 1.37 bits per heavy atom. The lowest BCUT2D eigenvalue weighted by molar-refractivity contribution is 0.0640. The first-order valence-electron chi connectivity index (χ1n) is 6.53. The molecule has 5 heteroatoms. The van der Waals surface area contributed by atoms with Gasteiger partial charge in [-0.1, -0.05) is 6.07 Å². The smallest absolute Gasteiger partial charge is 0.319 e. The van der Waals surface area contributed by atoms with E-state index in [0.29, 0.717) is 13.0 Å². The third-order valence-electron chi connectivity index (χ3n) is 3.28. The van der Waals surface area contributed by atoms with Crippen LogP contribution in [0.3, 0.4) is 0 Å². The van der Waals surface area contributed by atoms with Gasteiger partial charge < -0.3 is 21.1 Å². The summed E-state index contributed by atoms with van der Waals surface area (Å²) < 4.78 is 0. The Bertz CT molecular complexity index is 448. The largest absolute Gasteiger partial charge is 0.387 e. The number of hydrogen-bond acceptors (Lipinski definition) is 3. The van der Waals surface area contributed by atoms with Gasteiger partial charge in [-0.2, -0.15) is 0 Å². The van der Waals surface area contributed by atoms with Crippen LogP contribution in [0.5, 0.6) is 0 Å². The second-order valence-electron chi connectivity index (χ2n) is 5.34. The van der Waals surface area contributed by atoms with Crippen molar-refractivity contribution in [3.05, 3.63) is 29.3 Å². The summed E-state index contributed by atoms with van der Waals surface area (Å²) in [4.78, 5) is 11.8. The van der Waals surface area contributed by atoms with Gasteiger partial charge in [-0.15, -0.1) is 0 Å². The first kappa shape index (κ1) is 13.8. The number of amides is 2. The van der Waals surface area contributed by atoms with Gasteiger partial charge in [-0.05, 0) is 50.1 Å². The number of carbonyl (C=O) groups is 1. The number of aryl methyl sites for hydroxylation is 2. The van der Waals surface area contributed by atoms with Gasteiger partial charge in [0.2, 0.25) is 0 Å². The molecule has 1 fully saturated rings. The van der Waals surface area contributed by atoms with Gasteiger partial charge in [-0.3, -0.25) is 0 Å². The van der Waals surface area contributed by atoms with Gasteiger partial charge in [0.1, 0.15) is 0 Å². The van der Waals surface area contributed by atoms with Crippen LogP contribution in [-0.2, 0) is 0 Å². The number of nitrogens with one attached hydrogen (secondary N) is 3. The molecule has 2 rings (SSSR count). The van der Waals surface area contributed by atoms with E-state index in [-0.39, 0.29) is 12.6 Å². The van der Waals surface area contributed by atoms with Crippen molar-refractivity contribution in [2.24, 2.45) is 0 Å². The second-order valence-corrected chi connectivity index (χ2v) is 5.34. The molecule has 0 aromatic heterocycles. The summed E-state index contributed by atoms with van der Waals surface area (Å²) in [5.74, 6) is 0. The van der Waals surface area contributed by atoms with E-state index in [0.717, 1.165) is 23.4 Å². The number of β-amino-alcohol motifs (C(OH)–C–C–N with tert-alkyl or cyclic N) is 1. The van der Waals surface area contributed by atoms with E-state index in [1.807, 2.05) is 26.0 Å². The van der Waals surface area contributed by atoms with E-state index in [4.69, 9.17) is 0 Å². The van der Waals surface area contributed by atoms with Crippen LogP contribution < -0.4 is 16.0 Å². The molecule has 2 amide bonds. The molecule has 5 nitrogen and oxygen atoms in total. The topological polar surface area (TPSA) is 73.4 Å². The number of rotatable bonds is 3. The minimum Gasteiger partial charge on any atom is -0.387 e. The fourth-order valence-corrected chi connectivity index (χ4v) is 2.35. The first-order chi connectivity index (χ1) is 8.97. The van der Waals surface area contributed by atoms with Crippen molar-refractivity contribution in [1.29, 1.82) is 0 Å². The van der Waals surface area contributed by atoms with E-state index in [2.05, 4.69) is 22.0 Å². The Morgan fingerprint density at radius 3 is 2.63 bits per heavy atom. The molecule has 1 aromatic carbocycles. The summed E-state index contributed by atoms with van der Waals surface area (Å²) in [5, 5.41) is 18.7. The fraction of sp³-hybridized carbons (Fsp3) is 0.500. The number of anilines is 1. The highest BCUT2D eigenvalue weighted by Crippen LogP contribution is 2.14. The Labute approximate surface area is 113 Å². The molecular formula is C14H21N3O2. The molecule has 4 N–H and O–H groups in total. The monoisotopic (exact) mass is 263 g/mol. The van der Waals surface area contributed by atoms with Crippen LogP contribution in [0.25, 0.3) is 0 Å². The molecular weight excluding hydrogens is 242 g/mol. The average molecular weight is 263 g/mol. The lowest BCUT2D eigenvalue weighted by Crippen LogP contribution is -2.45. The minimum atomic E-state index is -0.820. The van der Waals surface area contributed by atoms with E-state index >= 15 is 0 Å². The molecule has 0 saturated carbocycles. The van der Waals surface area contributed by atoms with Crippen molar-refractivity contribution in [2.45, 2.75) is 25.9 Å². The molecule has 0 radical (unpaired) electrons. The third kappa shape index (κ3) is 3.94. The molecule has 1 heterocycles. The lowest BCUT2D eigenvalue weighted by atomic mass is 10.0. The maximum absolute atomic E-state index is 11.8. The Morgan fingerprint density at radius 2 is 2.05 bits per heavy atom. The highest BCUT2D eigenvalue weighted by atomic mass is 16.3. The maximum Gasteiger partial charge on any atom is 0.319 e. The lowest BCUT2D eigenvalue weighted by Gasteiger charge is -2.21. The summed E-state index contributed by atoms with van der Waals surface area (Å²) in [6.45, 7) is 5.55. The molecule has 0 bridgehead atoms. The summed E-state index contributed by atoms with van der Waals surface area (Å²) in [6.07, 6.45) is 0.664. The molecule has 1 aromatic rings. The Kier molecular flexibility index (Phi) is 4.07. The summed E-state index contributed by atoms with van der Waals surface area (Å²) in [6, 6.07) is 5.60. The van der Waals surface area contributed by atoms with Crippen LogP contribution in [-0.4, -0.2) is 36.4 Å². The molecule has 1 aliphatic rings. The third-order valence-corrected chi connectivity index (χ3v) is 3.28. The number of aliphatic hydroxyl groups is 1. The van der Waals surface area contributed by atoms with Crippen LogP contribution in [0.1, 0.15) is 17.5 Å². The first-order valence-corrected chi connectivity index (χ1v) is 6.53. The van der Waals surface area contributed by atoms with Gasteiger partial charge >= 0.3 is 6.03 Å². The fourth-order valence-electron chi connectivity index (χ4n) is 2.35. The van der Waals surface area contributed by atoms with Gasteiger partial charge in [0.15, 0.2) is 0 Å². The zero-order valence-electron chi connectivity index (χ0n) is 11.4. The Hall–Kier alpha value is -1.59. The normalized spacial score (nSPS) is 22.3. The standard InChI is InChI=1S/C14H21N3O2/c1-10-5-11(2)7-12(6-10)17-13(18)16-9-14(19)3-4-15-8-14/h5-7,15,19H,3-4,8-9H2,1-2H3,(H2,16,17,18)/t14-/m0/s1. The molecule has 1 atom stereocenters. The number of hydrogen-bond donors (Lipinski definition) is 4. The van der Waals surface area contributed by atoms with E-state index in [1.54, 1.807) is 0 Å². The van der Waals surface area contributed by atoms with Crippen LogP contribution in [0.2, 0.25) is 0 Å². The number of carbonyl (C=O) groups excluding carboxylic acids is 1.